The van der Waals surface area contributed by atoms with Gasteiger partial charge in [-0.1, -0.05) is 6.92 Å². The van der Waals surface area contributed by atoms with Crippen LogP contribution in [0.5, 0.6) is 0 Å². The molecule has 0 bridgehead atoms. The highest BCUT2D eigenvalue weighted by Gasteiger charge is 1.92. The molecule has 0 aliphatic heterocycles. The van der Waals surface area contributed by atoms with Crippen molar-refractivity contribution in [1.82, 2.24) is 0 Å². The molecule has 0 aliphatic carbocycles. The lowest BCUT2D eigenvalue weighted by atomic mass is 10.2. The van der Waals surface area contributed by atoms with Gasteiger partial charge in [-0.3, -0.25) is 4.39 Å². The van der Waals surface area contributed by atoms with Gasteiger partial charge in [-0.15, -0.1) is 0 Å². The Morgan fingerprint density at radius 1 is 2.00 bits per heavy atom. The Balaban J connectivity index is 2.96. The highest BCUT2D eigenvalue weighted by molar-refractivity contribution is 5.52. The van der Waals surface area contributed by atoms with Gasteiger partial charge in [0, 0.05) is 5.92 Å². The molecule has 0 saturated heterocycles. The maximum atomic E-state index is 11.2. The normalized spacial score (nSPS) is 13.7. The van der Waals surface area contributed by atoms with Gasteiger partial charge in [0.05, 0.1) is 6.67 Å². The van der Waals surface area contributed by atoms with E-state index < -0.39 is 12.6 Å². The minimum Gasteiger partial charge on any atom is -0.303 e. The van der Waals surface area contributed by atoms with Gasteiger partial charge in [-0.2, -0.15) is 0 Å². The van der Waals surface area contributed by atoms with E-state index in [1.165, 1.54) is 6.92 Å². The first-order valence-corrected chi connectivity index (χ1v) is 1.82. The van der Waals surface area contributed by atoms with Crippen LogP contribution in [0.3, 0.4) is 0 Å². The van der Waals surface area contributed by atoms with Gasteiger partial charge >= 0.3 is 0 Å². The summed E-state index contributed by atoms with van der Waals surface area (Å²) in [6.45, 7) is 0.997. The summed E-state index contributed by atoms with van der Waals surface area (Å²) in [5.41, 5.74) is 0. The van der Waals surface area contributed by atoms with Gasteiger partial charge < -0.3 is 4.79 Å². The second-order valence-corrected chi connectivity index (χ2v) is 1.27. The molecule has 2 heteroatoms. The first-order chi connectivity index (χ1) is 2.81. The van der Waals surface area contributed by atoms with Crippen LogP contribution in [-0.2, 0) is 4.79 Å². The Morgan fingerprint density at radius 3 is 2.50 bits per heavy atom. The zero-order valence-corrected chi connectivity index (χ0v) is 3.65. The molecule has 0 aromatic rings. The van der Waals surface area contributed by atoms with Gasteiger partial charge in [-0.05, 0) is 0 Å². The second-order valence-electron chi connectivity index (χ2n) is 1.27. The van der Waals surface area contributed by atoms with Crippen LogP contribution < -0.4 is 0 Å². The molecule has 0 spiro atoms. The maximum absolute atomic E-state index is 11.2. The third kappa shape index (κ3) is 1.88. The molecule has 0 fully saturated rings. The Labute approximate surface area is 36.2 Å². The number of rotatable bonds is 2. The number of hydrogen-bond donors (Lipinski definition) is 0. The van der Waals surface area contributed by atoms with E-state index in [4.69, 9.17) is 0 Å². The van der Waals surface area contributed by atoms with Crippen LogP contribution in [0.4, 0.5) is 4.39 Å². The lowest BCUT2D eigenvalue weighted by Crippen LogP contribution is -1.95. The molecule has 0 unspecified atom stereocenters. The van der Waals surface area contributed by atoms with E-state index in [0.717, 1.165) is 0 Å². The van der Waals surface area contributed by atoms with Crippen LogP contribution in [-0.4, -0.2) is 13.0 Å². The van der Waals surface area contributed by atoms with Crippen LogP contribution in [0, 0.1) is 5.92 Å². The average molecular weight is 90.1 g/mol. The quantitative estimate of drug-likeness (QED) is 0.458. The largest absolute Gasteiger partial charge is 0.303 e. The molecule has 0 heterocycles. The molecule has 0 aliphatic rings. The zero-order valence-electron chi connectivity index (χ0n) is 3.65. The van der Waals surface area contributed by atoms with E-state index >= 15 is 0 Å². The summed E-state index contributed by atoms with van der Waals surface area (Å²) in [7, 11) is 0. The van der Waals surface area contributed by atoms with Gasteiger partial charge in [0.2, 0.25) is 0 Å². The second kappa shape index (κ2) is 2.82. The summed E-state index contributed by atoms with van der Waals surface area (Å²) in [5, 5.41) is 0. The molecule has 0 rings (SSSR count). The molecule has 1 nitrogen and oxygen atoms in total. The fourth-order valence-electron chi connectivity index (χ4n) is 0.0364. The van der Waals surface area contributed by atoms with Crippen molar-refractivity contribution in [2.24, 2.45) is 5.92 Å². The molecule has 0 aromatic heterocycles. The van der Waals surface area contributed by atoms with Crippen molar-refractivity contribution in [2.75, 3.05) is 6.67 Å². The van der Waals surface area contributed by atoms with Crippen molar-refractivity contribution in [3.05, 3.63) is 0 Å². The molecule has 0 amide bonds. The molecule has 0 radical (unpaired) electrons. The SMILES string of the molecule is C[C@H](C=O)CF. The molecular weight excluding hydrogens is 83.0 g/mol. The number of hydrogen-bond acceptors (Lipinski definition) is 1. The van der Waals surface area contributed by atoms with Crippen LogP contribution in [0.1, 0.15) is 6.92 Å². The Bertz CT molecular complexity index is 44.8. The summed E-state index contributed by atoms with van der Waals surface area (Å²) in [5.74, 6) is -0.412. The molecule has 1 atom stereocenters. The zero-order chi connectivity index (χ0) is 4.99. The number of aldehydes is 1. The third-order valence-corrected chi connectivity index (χ3v) is 0.476. The van der Waals surface area contributed by atoms with E-state index in [1.807, 2.05) is 0 Å². The summed E-state index contributed by atoms with van der Waals surface area (Å²) in [6, 6.07) is 0. The lowest BCUT2D eigenvalue weighted by molar-refractivity contribution is -0.111. The van der Waals surface area contributed by atoms with Crippen molar-refractivity contribution in [3.8, 4) is 0 Å². The van der Waals surface area contributed by atoms with Crippen molar-refractivity contribution in [2.45, 2.75) is 6.92 Å². The van der Waals surface area contributed by atoms with E-state index in [2.05, 4.69) is 0 Å². The number of carbonyl (C=O) groups excluding carboxylic acids is 1. The molecule has 0 saturated carbocycles. The molecular formula is C4H7FO. The Kier molecular flexibility index (Phi) is 2.63. The first kappa shape index (κ1) is 5.60. The van der Waals surface area contributed by atoms with Crippen LogP contribution in [0.2, 0.25) is 0 Å². The minimum atomic E-state index is -0.538. The van der Waals surface area contributed by atoms with E-state index in [9.17, 15) is 9.18 Å². The summed E-state index contributed by atoms with van der Waals surface area (Å²) in [6.07, 6.45) is 0.597. The highest BCUT2D eigenvalue weighted by atomic mass is 19.1. The van der Waals surface area contributed by atoms with Crippen LogP contribution >= 0.6 is 0 Å². The topological polar surface area (TPSA) is 17.1 Å². The smallest absolute Gasteiger partial charge is 0.125 e. The minimum absolute atomic E-state index is 0.412. The molecule has 0 N–H and O–H groups in total. The maximum Gasteiger partial charge on any atom is 0.125 e. The lowest BCUT2D eigenvalue weighted by Gasteiger charge is -1.86. The predicted molar refractivity (Wildman–Crippen MR) is 21.2 cm³/mol. The van der Waals surface area contributed by atoms with Crippen LogP contribution in [0.25, 0.3) is 0 Å². The Hall–Kier alpha value is -0.400. The van der Waals surface area contributed by atoms with E-state index in [-0.39, 0.29) is 0 Å². The standard InChI is InChI=1S/C4H7FO/c1-4(2-5)3-6/h3-4H,2H2,1H3/t4-/m0/s1. The fraction of sp³-hybridized carbons (Fsp3) is 0.750. The van der Waals surface area contributed by atoms with Crippen molar-refractivity contribution < 1.29 is 9.18 Å². The predicted octanol–water partition coefficient (Wildman–Crippen LogP) is 0.791. The van der Waals surface area contributed by atoms with E-state index in [1.54, 1.807) is 0 Å². The third-order valence-electron chi connectivity index (χ3n) is 0.476. The van der Waals surface area contributed by atoms with E-state index in [0.29, 0.717) is 6.29 Å². The van der Waals surface area contributed by atoms with Gasteiger partial charge in [0.1, 0.15) is 6.29 Å². The summed E-state index contributed by atoms with van der Waals surface area (Å²) < 4.78 is 11.2. The van der Waals surface area contributed by atoms with Gasteiger partial charge in [0.25, 0.3) is 0 Å². The summed E-state index contributed by atoms with van der Waals surface area (Å²) in [4.78, 5) is 9.50. The van der Waals surface area contributed by atoms with Gasteiger partial charge in [-0.25, -0.2) is 0 Å². The molecule has 6 heavy (non-hydrogen) atoms. The van der Waals surface area contributed by atoms with Gasteiger partial charge in [0.15, 0.2) is 0 Å². The Morgan fingerprint density at radius 2 is 2.50 bits per heavy atom. The molecule has 36 valence electrons. The molecule has 0 aromatic carbocycles. The van der Waals surface area contributed by atoms with Crippen molar-refractivity contribution >= 4 is 6.29 Å². The van der Waals surface area contributed by atoms with Crippen molar-refractivity contribution in [3.63, 3.8) is 0 Å². The average Bonchev–Trinajstić information content (AvgIpc) is 1.65. The monoisotopic (exact) mass is 90.0 g/mol. The number of carbonyl (C=O) groups is 1. The van der Waals surface area contributed by atoms with Crippen LogP contribution in [0.15, 0.2) is 0 Å². The number of alkyl halides is 1. The number of halogens is 1. The summed E-state index contributed by atoms with van der Waals surface area (Å²) >= 11 is 0. The van der Waals surface area contributed by atoms with Crippen molar-refractivity contribution in [1.29, 1.82) is 0 Å². The fourth-order valence-corrected chi connectivity index (χ4v) is 0.0364. The first-order valence-electron chi connectivity index (χ1n) is 1.82. The highest BCUT2D eigenvalue weighted by Crippen LogP contribution is 1.86.